The fraction of sp³-hybridized carbons (Fsp3) is 0.406. The highest BCUT2D eigenvalue weighted by molar-refractivity contribution is 5.97. The zero-order valence-electron chi connectivity index (χ0n) is 23.9. The third-order valence-corrected chi connectivity index (χ3v) is 7.14. The Bertz CT molecular complexity index is 1350. The number of carbonyl (C=O) groups is 2. The summed E-state index contributed by atoms with van der Waals surface area (Å²) in [7, 11) is 1.63. The van der Waals surface area contributed by atoms with Crippen LogP contribution in [-0.4, -0.2) is 72.0 Å². The Hall–Kier alpha value is -3.95. The fourth-order valence-corrected chi connectivity index (χ4v) is 5.08. The Kier molecular flexibility index (Phi) is 9.16. The van der Waals surface area contributed by atoms with Crippen molar-refractivity contribution in [3.05, 3.63) is 83.7 Å². The van der Waals surface area contributed by atoms with Crippen LogP contribution in [0, 0.1) is 5.92 Å². The lowest BCUT2D eigenvalue weighted by Crippen LogP contribution is -2.56. The Morgan fingerprint density at radius 3 is 2.76 bits per heavy atom. The predicted molar refractivity (Wildman–Crippen MR) is 155 cm³/mol. The SMILES string of the molecule is CC(C)COc1cc2cc(c1)C(=O)N(C)CC(=O)N[C@H]1CCN(Cc3ccccn3)C[C@@H]1OCc1cccc(c1)O2. The van der Waals surface area contributed by atoms with Gasteiger partial charge in [-0.25, -0.2) is 0 Å². The summed E-state index contributed by atoms with van der Waals surface area (Å²) < 4.78 is 18.6. The number of likely N-dealkylation sites (tertiary alicyclic amines) is 1. The van der Waals surface area contributed by atoms with Crippen molar-refractivity contribution in [3.8, 4) is 17.2 Å². The number of fused-ring (bicyclic) bond motifs is 5. The highest BCUT2D eigenvalue weighted by Gasteiger charge is 2.32. The molecule has 3 heterocycles. The molecule has 41 heavy (non-hydrogen) atoms. The number of ether oxygens (including phenoxy) is 3. The molecule has 1 aromatic heterocycles. The van der Waals surface area contributed by atoms with Gasteiger partial charge in [-0.15, -0.1) is 0 Å². The summed E-state index contributed by atoms with van der Waals surface area (Å²) in [5.41, 5.74) is 2.34. The average Bonchev–Trinajstić information content (AvgIpc) is 2.96. The molecule has 2 aliphatic rings. The molecule has 1 fully saturated rings. The standard InChI is InChI=1S/C32H38N4O5/c1-22(2)20-39-27-14-24-15-28(16-27)41-26-9-6-7-23(13-26)21-40-30-18-36(17-25-8-4-5-11-33-25)12-10-29(30)34-31(37)19-35(3)32(24)38/h4-9,11,13-16,22,29-30H,10,12,17-21H2,1-3H3,(H,34,37)/t29-,30-/m0/s1. The molecule has 0 unspecified atom stereocenters. The Morgan fingerprint density at radius 2 is 1.95 bits per heavy atom. The number of hydrogen-bond acceptors (Lipinski definition) is 7. The lowest BCUT2D eigenvalue weighted by atomic mass is 10.0. The molecule has 9 nitrogen and oxygen atoms in total. The first-order chi connectivity index (χ1) is 19.8. The highest BCUT2D eigenvalue weighted by Crippen LogP contribution is 2.29. The molecule has 9 heteroatoms. The second kappa shape index (κ2) is 13.1. The first kappa shape index (κ1) is 28.6. The van der Waals surface area contributed by atoms with E-state index in [9.17, 15) is 9.59 Å². The third kappa shape index (κ3) is 7.83. The first-order valence-electron chi connectivity index (χ1n) is 14.2. The molecular formula is C32H38N4O5. The molecule has 0 spiro atoms. The molecule has 2 aliphatic heterocycles. The number of aromatic nitrogens is 1. The monoisotopic (exact) mass is 558 g/mol. The lowest BCUT2D eigenvalue weighted by molar-refractivity contribution is -0.125. The van der Waals surface area contributed by atoms with Crippen LogP contribution in [0.2, 0.25) is 0 Å². The number of rotatable bonds is 5. The maximum atomic E-state index is 13.4. The van der Waals surface area contributed by atoms with Crippen LogP contribution in [0.25, 0.3) is 0 Å². The summed E-state index contributed by atoms with van der Waals surface area (Å²) in [6.07, 6.45) is 2.29. The van der Waals surface area contributed by atoms with Crippen molar-refractivity contribution in [2.24, 2.45) is 5.92 Å². The summed E-state index contributed by atoms with van der Waals surface area (Å²) in [6, 6.07) is 18.6. The Balaban J connectivity index is 1.40. The van der Waals surface area contributed by atoms with Crippen LogP contribution < -0.4 is 14.8 Å². The minimum Gasteiger partial charge on any atom is -0.493 e. The van der Waals surface area contributed by atoms with Gasteiger partial charge in [-0.05, 0) is 54.3 Å². The van der Waals surface area contributed by atoms with Crippen LogP contribution in [-0.2, 0) is 22.7 Å². The normalized spacial score (nSPS) is 20.2. The summed E-state index contributed by atoms with van der Waals surface area (Å²) in [5.74, 6) is 1.46. The molecule has 2 amide bonds. The Morgan fingerprint density at radius 1 is 1.07 bits per heavy atom. The average molecular weight is 559 g/mol. The predicted octanol–water partition coefficient (Wildman–Crippen LogP) is 4.27. The van der Waals surface area contributed by atoms with Gasteiger partial charge >= 0.3 is 0 Å². The van der Waals surface area contributed by atoms with Gasteiger partial charge in [0.2, 0.25) is 5.91 Å². The minimum absolute atomic E-state index is 0.0774. The number of carbonyl (C=O) groups excluding carboxylic acids is 2. The third-order valence-electron chi connectivity index (χ3n) is 7.14. The number of piperidine rings is 1. The quantitative estimate of drug-likeness (QED) is 0.500. The molecule has 1 saturated heterocycles. The van der Waals surface area contributed by atoms with Gasteiger partial charge in [0.15, 0.2) is 0 Å². The van der Waals surface area contributed by atoms with E-state index in [0.717, 1.165) is 24.2 Å². The Labute approximate surface area is 241 Å². The van der Waals surface area contributed by atoms with Crippen LogP contribution in [0.5, 0.6) is 17.2 Å². The van der Waals surface area contributed by atoms with Gasteiger partial charge in [0.25, 0.3) is 5.91 Å². The van der Waals surface area contributed by atoms with Crippen LogP contribution in [0.4, 0.5) is 0 Å². The van der Waals surface area contributed by atoms with E-state index >= 15 is 0 Å². The van der Waals surface area contributed by atoms with Gasteiger partial charge in [0.05, 0.1) is 37.6 Å². The molecule has 216 valence electrons. The maximum absolute atomic E-state index is 13.4. The number of amides is 2. The molecule has 0 aliphatic carbocycles. The zero-order chi connectivity index (χ0) is 28.8. The largest absolute Gasteiger partial charge is 0.493 e. The van der Waals surface area contributed by atoms with Gasteiger partial charge < -0.3 is 24.4 Å². The van der Waals surface area contributed by atoms with Gasteiger partial charge in [-0.3, -0.25) is 19.5 Å². The minimum atomic E-state index is -0.293. The van der Waals surface area contributed by atoms with E-state index in [4.69, 9.17) is 14.2 Å². The van der Waals surface area contributed by atoms with Crippen LogP contribution in [0.1, 0.15) is 41.9 Å². The highest BCUT2D eigenvalue weighted by atomic mass is 16.5. The number of nitrogens with zero attached hydrogens (tertiary/aromatic N) is 3. The number of benzene rings is 2. The summed E-state index contributed by atoms with van der Waals surface area (Å²) in [4.78, 5) is 34.7. The van der Waals surface area contributed by atoms with Crippen molar-refractivity contribution in [1.29, 1.82) is 0 Å². The van der Waals surface area contributed by atoms with Crippen LogP contribution >= 0.6 is 0 Å². The van der Waals surface area contributed by atoms with Crippen molar-refractivity contribution >= 4 is 11.8 Å². The van der Waals surface area contributed by atoms with E-state index in [1.165, 1.54) is 4.90 Å². The van der Waals surface area contributed by atoms with Crippen molar-refractivity contribution in [2.75, 3.05) is 33.3 Å². The van der Waals surface area contributed by atoms with Gasteiger partial charge in [-0.1, -0.05) is 32.0 Å². The molecular weight excluding hydrogens is 520 g/mol. The topological polar surface area (TPSA) is 93.2 Å². The van der Waals surface area contributed by atoms with E-state index in [1.54, 1.807) is 31.4 Å². The zero-order valence-corrected chi connectivity index (χ0v) is 23.9. The van der Waals surface area contributed by atoms with E-state index < -0.39 is 0 Å². The molecule has 4 bridgehead atoms. The van der Waals surface area contributed by atoms with Crippen molar-refractivity contribution in [1.82, 2.24) is 20.1 Å². The second-order valence-corrected chi connectivity index (χ2v) is 11.2. The molecule has 2 atom stereocenters. The second-order valence-electron chi connectivity index (χ2n) is 11.2. The number of hydrogen-bond donors (Lipinski definition) is 1. The number of nitrogens with one attached hydrogen (secondary N) is 1. The van der Waals surface area contributed by atoms with E-state index in [-0.39, 0.29) is 30.5 Å². The lowest BCUT2D eigenvalue weighted by Gasteiger charge is -2.38. The molecule has 0 saturated carbocycles. The van der Waals surface area contributed by atoms with E-state index in [0.29, 0.717) is 55.0 Å². The van der Waals surface area contributed by atoms with E-state index in [2.05, 4.69) is 29.0 Å². The van der Waals surface area contributed by atoms with Gasteiger partial charge in [0.1, 0.15) is 17.2 Å². The number of pyridine rings is 1. The molecule has 2 aromatic carbocycles. The first-order valence-corrected chi connectivity index (χ1v) is 14.2. The van der Waals surface area contributed by atoms with Crippen LogP contribution in [0.3, 0.4) is 0 Å². The van der Waals surface area contributed by atoms with Gasteiger partial charge in [0, 0.05) is 44.5 Å². The molecule has 1 N–H and O–H groups in total. The van der Waals surface area contributed by atoms with Crippen molar-refractivity contribution < 1.29 is 23.8 Å². The van der Waals surface area contributed by atoms with Crippen molar-refractivity contribution in [2.45, 2.75) is 45.6 Å². The van der Waals surface area contributed by atoms with Gasteiger partial charge in [-0.2, -0.15) is 0 Å². The molecule has 5 rings (SSSR count). The molecule has 0 radical (unpaired) electrons. The number of likely N-dealkylation sites (N-methyl/N-ethyl adjacent to an activating group) is 1. The van der Waals surface area contributed by atoms with Crippen molar-refractivity contribution in [3.63, 3.8) is 0 Å². The summed E-state index contributed by atoms with van der Waals surface area (Å²) in [6.45, 7) is 7.07. The maximum Gasteiger partial charge on any atom is 0.254 e. The summed E-state index contributed by atoms with van der Waals surface area (Å²) >= 11 is 0. The summed E-state index contributed by atoms with van der Waals surface area (Å²) in [5, 5.41) is 3.14. The molecule has 3 aromatic rings. The smallest absolute Gasteiger partial charge is 0.254 e. The van der Waals surface area contributed by atoms with E-state index in [1.807, 2.05) is 42.5 Å². The fourth-order valence-electron chi connectivity index (χ4n) is 5.08. The van der Waals surface area contributed by atoms with Crippen LogP contribution in [0.15, 0.2) is 66.9 Å².